The lowest BCUT2D eigenvalue weighted by molar-refractivity contribution is 0.402. The molecule has 0 spiro atoms. The Kier molecular flexibility index (Phi) is 5.62. The number of benzene rings is 2. The maximum atomic E-state index is 11.4. The number of rotatable bonds is 5. The lowest BCUT2D eigenvalue weighted by Gasteiger charge is -2.26. The number of phenols is 4. The first-order valence-corrected chi connectivity index (χ1v) is 10.8. The summed E-state index contributed by atoms with van der Waals surface area (Å²) in [6.07, 6.45) is 3.03. The average molecular weight is 449 g/mol. The summed E-state index contributed by atoms with van der Waals surface area (Å²) < 4.78 is 11.2. The fourth-order valence-electron chi connectivity index (χ4n) is 4.35. The van der Waals surface area contributed by atoms with Crippen LogP contribution in [0.2, 0.25) is 0 Å². The average Bonchev–Trinajstić information content (AvgIpc) is 3.45. The van der Waals surface area contributed by atoms with Crippen molar-refractivity contribution in [1.82, 2.24) is 0 Å². The van der Waals surface area contributed by atoms with E-state index in [1.165, 1.54) is 24.7 Å². The third-order valence-corrected chi connectivity index (χ3v) is 6.06. The van der Waals surface area contributed by atoms with Crippen molar-refractivity contribution in [3.8, 4) is 23.0 Å². The number of furan rings is 2. The Morgan fingerprint density at radius 3 is 1.85 bits per heavy atom. The molecule has 172 valence electrons. The predicted molar refractivity (Wildman–Crippen MR) is 124 cm³/mol. The summed E-state index contributed by atoms with van der Waals surface area (Å²) in [7, 11) is 0. The van der Waals surface area contributed by atoms with Crippen LogP contribution in [0.25, 0.3) is 0 Å². The van der Waals surface area contributed by atoms with Gasteiger partial charge < -0.3 is 29.3 Å². The minimum absolute atomic E-state index is 0.0722. The molecule has 0 saturated heterocycles. The van der Waals surface area contributed by atoms with E-state index in [1.807, 2.05) is 27.7 Å². The van der Waals surface area contributed by atoms with Gasteiger partial charge in [0.15, 0.2) is 0 Å². The van der Waals surface area contributed by atoms with Crippen LogP contribution in [0.3, 0.4) is 0 Å². The van der Waals surface area contributed by atoms with Crippen LogP contribution in [0.5, 0.6) is 23.0 Å². The molecule has 2 atom stereocenters. The number of hydrogen-bond acceptors (Lipinski definition) is 6. The van der Waals surface area contributed by atoms with Crippen LogP contribution >= 0.6 is 0 Å². The van der Waals surface area contributed by atoms with E-state index in [2.05, 4.69) is 0 Å². The van der Waals surface area contributed by atoms with Crippen LogP contribution in [0, 0.1) is 0 Å². The molecule has 2 unspecified atom stereocenters. The predicted octanol–water partition coefficient (Wildman–Crippen LogP) is 6.32. The normalized spacial score (nSPS) is 13.7. The van der Waals surface area contributed by atoms with Crippen molar-refractivity contribution in [3.05, 3.63) is 94.8 Å². The van der Waals surface area contributed by atoms with Crippen molar-refractivity contribution in [3.63, 3.8) is 0 Å². The zero-order valence-corrected chi connectivity index (χ0v) is 19.0. The third-order valence-electron chi connectivity index (χ3n) is 6.06. The van der Waals surface area contributed by atoms with Crippen LogP contribution in [0.15, 0.2) is 69.9 Å². The van der Waals surface area contributed by atoms with E-state index in [1.54, 1.807) is 36.4 Å². The molecule has 4 N–H and O–H groups in total. The molecule has 4 aromatic rings. The minimum Gasteiger partial charge on any atom is -0.508 e. The highest BCUT2D eigenvalue weighted by atomic mass is 16.3. The second-order valence-corrected chi connectivity index (χ2v) is 9.27. The minimum atomic E-state index is -0.828. The molecular weight excluding hydrogens is 420 g/mol. The van der Waals surface area contributed by atoms with Gasteiger partial charge in [0.2, 0.25) is 0 Å². The van der Waals surface area contributed by atoms with Gasteiger partial charge in [-0.1, -0.05) is 39.8 Å². The quantitative estimate of drug-likeness (QED) is 0.284. The van der Waals surface area contributed by atoms with Crippen LogP contribution in [0.4, 0.5) is 0 Å². The van der Waals surface area contributed by atoms with Crippen LogP contribution in [-0.2, 0) is 5.41 Å². The first-order chi connectivity index (χ1) is 15.6. The number of aromatic hydroxyl groups is 4. The largest absolute Gasteiger partial charge is 0.508 e. The second kappa shape index (κ2) is 8.28. The smallest absolute Gasteiger partial charge is 0.127 e. The highest BCUT2D eigenvalue weighted by Crippen LogP contribution is 2.50. The lowest BCUT2D eigenvalue weighted by atomic mass is 9.79. The molecular formula is C27H28O6. The first kappa shape index (κ1) is 22.4. The molecule has 2 aromatic heterocycles. The third kappa shape index (κ3) is 3.93. The van der Waals surface area contributed by atoms with Crippen LogP contribution in [-0.4, -0.2) is 20.4 Å². The van der Waals surface area contributed by atoms with Crippen molar-refractivity contribution in [2.45, 2.75) is 44.9 Å². The standard InChI is InChI=1S/C27H28O6/c1-15(20-7-5-13-32-20)22-18(28)11-9-16(25(22)30)23(21-8-6-14-33-21)24-19(29)12-10-17(26(24)31)27(2,3)4/h5-15,23,28-31H,1-4H3. The first-order valence-electron chi connectivity index (χ1n) is 10.8. The SMILES string of the molecule is CC(c1ccco1)c1c(O)ccc(C(c2ccco2)c2c(O)ccc(C(C)(C)C)c2O)c1O. The summed E-state index contributed by atoms with van der Waals surface area (Å²) >= 11 is 0. The monoisotopic (exact) mass is 448 g/mol. The summed E-state index contributed by atoms with van der Waals surface area (Å²) in [4.78, 5) is 0. The molecule has 0 aliphatic rings. The van der Waals surface area contributed by atoms with Gasteiger partial charge in [0.1, 0.15) is 34.5 Å². The fraction of sp³-hybridized carbons (Fsp3) is 0.259. The molecule has 0 amide bonds. The molecule has 0 aliphatic carbocycles. The topological polar surface area (TPSA) is 107 Å². The van der Waals surface area contributed by atoms with Crippen molar-refractivity contribution < 1.29 is 29.3 Å². The fourth-order valence-corrected chi connectivity index (χ4v) is 4.35. The molecule has 33 heavy (non-hydrogen) atoms. The Balaban J connectivity index is 1.98. The maximum Gasteiger partial charge on any atom is 0.127 e. The molecule has 6 heteroatoms. The van der Waals surface area contributed by atoms with E-state index < -0.39 is 17.3 Å². The lowest BCUT2D eigenvalue weighted by Crippen LogP contribution is -2.14. The highest BCUT2D eigenvalue weighted by Gasteiger charge is 2.33. The van der Waals surface area contributed by atoms with Gasteiger partial charge in [0.05, 0.1) is 24.0 Å². The molecule has 2 aromatic carbocycles. The van der Waals surface area contributed by atoms with Crippen molar-refractivity contribution in [2.24, 2.45) is 0 Å². The van der Waals surface area contributed by atoms with Gasteiger partial charge >= 0.3 is 0 Å². The molecule has 0 bridgehead atoms. The molecule has 2 heterocycles. The molecule has 4 rings (SSSR count). The van der Waals surface area contributed by atoms with Gasteiger partial charge in [0, 0.05) is 17.0 Å². The van der Waals surface area contributed by atoms with Gasteiger partial charge in [-0.25, -0.2) is 0 Å². The van der Waals surface area contributed by atoms with E-state index >= 15 is 0 Å². The Bertz CT molecular complexity index is 1250. The molecule has 0 radical (unpaired) electrons. The second-order valence-electron chi connectivity index (χ2n) is 9.27. The van der Waals surface area contributed by atoms with E-state index in [-0.39, 0.29) is 34.1 Å². The van der Waals surface area contributed by atoms with Crippen molar-refractivity contribution in [2.75, 3.05) is 0 Å². The van der Waals surface area contributed by atoms with Gasteiger partial charge in [-0.3, -0.25) is 0 Å². The number of phenolic OH excluding ortho intramolecular Hbond substituents is 4. The summed E-state index contributed by atoms with van der Waals surface area (Å²) in [5, 5.41) is 44.1. The zero-order chi connectivity index (χ0) is 23.9. The zero-order valence-electron chi connectivity index (χ0n) is 19.0. The van der Waals surface area contributed by atoms with Crippen LogP contribution < -0.4 is 0 Å². The number of hydrogen-bond donors (Lipinski definition) is 4. The van der Waals surface area contributed by atoms with E-state index in [4.69, 9.17) is 8.83 Å². The van der Waals surface area contributed by atoms with Crippen molar-refractivity contribution in [1.29, 1.82) is 0 Å². The molecule has 6 nitrogen and oxygen atoms in total. The summed E-state index contributed by atoms with van der Waals surface area (Å²) in [6, 6.07) is 13.2. The highest BCUT2D eigenvalue weighted by molar-refractivity contribution is 5.62. The van der Waals surface area contributed by atoms with Gasteiger partial charge in [-0.2, -0.15) is 0 Å². The Hall–Kier alpha value is -3.80. The summed E-state index contributed by atoms with van der Waals surface area (Å²) in [6.45, 7) is 7.71. The van der Waals surface area contributed by atoms with Gasteiger partial charge in [0.25, 0.3) is 0 Å². The van der Waals surface area contributed by atoms with E-state index in [9.17, 15) is 20.4 Å². The molecule has 0 saturated carbocycles. The molecule has 0 aliphatic heterocycles. The van der Waals surface area contributed by atoms with E-state index in [0.717, 1.165) is 0 Å². The summed E-state index contributed by atoms with van der Waals surface area (Å²) in [5.41, 5.74) is 1.12. The van der Waals surface area contributed by atoms with Gasteiger partial charge in [-0.05, 0) is 47.4 Å². The van der Waals surface area contributed by atoms with E-state index in [0.29, 0.717) is 22.6 Å². The Morgan fingerprint density at radius 2 is 1.27 bits per heavy atom. The Labute approximate surface area is 192 Å². The molecule has 0 fully saturated rings. The van der Waals surface area contributed by atoms with Crippen LogP contribution in [0.1, 0.15) is 73.3 Å². The van der Waals surface area contributed by atoms with Crippen molar-refractivity contribution >= 4 is 0 Å². The Morgan fingerprint density at radius 1 is 0.697 bits per heavy atom. The summed E-state index contributed by atoms with van der Waals surface area (Å²) in [5.74, 6) is -0.731. The van der Waals surface area contributed by atoms with Gasteiger partial charge in [-0.15, -0.1) is 0 Å². The maximum absolute atomic E-state index is 11.4.